The lowest BCUT2D eigenvalue weighted by atomic mass is 10.1. The predicted molar refractivity (Wildman–Crippen MR) is 113 cm³/mol. The normalized spacial score (nSPS) is 14.2. The monoisotopic (exact) mass is 408 g/mol. The number of carbonyl (C=O) groups excluding carboxylic acids is 2. The van der Waals surface area contributed by atoms with Gasteiger partial charge in [0.15, 0.2) is 0 Å². The Kier molecular flexibility index (Phi) is 5.72. The fraction of sp³-hybridized carbons (Fsp3) is 0.304. The van der Waals surface area contributed by atoms with Gasteiger partial charge in [-0.3, -0.25) is 9.59 Å². The van der Waals surface area contributed by atoms with Crippen LogP contribution in [0.3, 0.4) is 0 Å². The Hall–Kier alpha value is -3.32. The molecule has 0 saturated carbocycles. The standard InChI is InChI=1S/C23H24N2O5/c1-15(2)29-17-9-7-16(8-10-17)22(26)24-20-18-5-3-4-6-19(18)30-21(20)23(27)25-11-13-28-14-12-25/h3-10,15H,11-14H2,1-2H3,(H,24,26). The van der Waals surface area contributed by atoms with Crippen molar-refractivity contribution in [1.82, 2.24) is 4.90 Å². The van der Waals surface area contributed by atoms with Crippen molar-refractivity contribution < 1.29 is 23.5 Å². The largest absolute Gasteiger partial charge is 0.491 e. The lowest BCUT2D eigenvalue weighted by Crippen LogP contribution is -2.40. The van der Waals surface area contributed by atoms with Crippen molar-refractivity contribution in [3.05, 3.63) is 59.9 Å². The summed E-state index contributed by atoms with van der Waals surface area (Å²) in [5, 5.41) is 3.56. The van der Waals surface area contributed by atoms with Crippen molar-refractivity contribution >= 4 is 28.5 Å². The number of hydrogen-bond acceptors (Lipinski definition) is 5. The van der Waals surface area contributed by atoms with Crippen molar-refractivity contribution in [2.75, 3.05) is 31.6 Å². The van der Waals surface area contributed by atoms with Crippen molar-refractivity contribution in [2.45, 2.75) is 20.0 Å². The third kappa shape index (κ3) is 4.16. The lowest BCUT2D eigenvalue weighted by Gasteiger charge is -2.26. The number of para-hydroxylation sites is 1. The molecule has 0 bridgehead atoms. The molecule has 1 aliphatic rings. The van der Waals surface area contributed by atoms with Gasteiger partial charge in [0, 0.05) is 24.0 Å². The number of nitrogens with zero attached hydrogens (tertiary/aromatic N) is 1. The zero-order chi connectivity index (χ0) is 21.1. The summed E-state index contributed by atoms with van der Waals surface area (Å²) in [6.07, 6.45) is 0.0516. The highest BCUT2D eigenvalue weighted by Gasteiger charge is 2.27. The molecule has 0 spiro atoms. The van der Waals surface area contributed by atoms with Crippen LogP contribution in [-0.4, -0.2) is 49.1 Å². The van der Waals surface area contributed by atoms with Crippen LogP contribution in [0.25, 0.3) is 11.0 Å². The molecule has 1 saturated heterocycles. The van der Waals surface area contributed by atoms with E-state index in [0.29, 0.717) is 54.3 Å². The number of furan rings is 1. The second-order valence-corrected chi connectivity index (χ2v) is 7.35. The molecular weight excluding hydrogens is 384 g/mol. The zero-order valence-corrected chi connectivity index (χ0v) is 17.0. The Morgan fingerprint density at radius 2 is 1.73 bits per heavy atom. The molecule has 3 aromatic rings. The van der Waals surface area contributed by atoms with Gasteiger partial charge in [0.25, 0.3) is 11.8 Å². The minimum absolute atomic E-state index is 0.0516. The van der Waals surface area contributed by atoms with Gasteiger partial charge in [-0.05, 0) is 50.2 Å². The number of anilines is 1. The predicted octanol–water partition coefficient (Wildman–Crippen LogP) is 3.94. The van der Waals surface area contributed by atoms with Gasteiger partial charge in [-0.2, -0.15) is 0 Å². The SMILES string of the molecule is CC(C)Oc1ccc(C(=O)Nc2c(C(=O)N3CCOCC3)oc3ccccc23)cc1. The van der Waals surface area contributed by atoms with E-state index < -0.39 is 0 Å². The number of hydrogen-bond donors (Lipinski definition) is 1. The number of fused-ring (bicyclic) bond motifs is 1. The van der Waals surface area contributed by atoms with Crippen LogP contribution in [0.15, 0.2) is 52.9 Å². The third-order valence-electron chi connectivity index (χ3n) is 4.81. The highest BCUT2D eigenvalue weighted by Crippen LogP contribution is 2.32. The van der Waals surface area contributed by atoms with E-state index in [9.17, 15) is 9.59 Å². The lowest BCUT2D eigenvalue weighted by molar-refractivity contribution is 0.0285. The fourth-order valence-electron chi connectivity index (χ4n) is 3.37. The van der Waals surface area contributed by atoms with Crippen molar-refractivity contribution in [3.8, 4) is 5.75 Å². The van der Waals surface area contributed by atoms with Crippen molar-refractivity contribution in [2.24, 2.45) is 0 Å². The summed E-state index contributed by atoms with van der Waals surface area (Å²) in [4.78, 5) is 27.6. The molecule has 1 aromatic heterocycles. The van der Waals surface area contributed by atoms with E-state index in [1.54, 1.807) is 35.2 Å². The average Bonchev–Trinajstić information content (AvgIpc) is 3.12. The highest BCUT2D eigenvalue weighted by atomic mass is 16.5. The van der Waals surface area contributed by atoms with E-state index in [2.05, 4.69) is 5.32 Å². The summed E-state index contributed by atoms with van der Waals surface area (Å²) in [5.41, 5.74) is 1.39. The summed E-state index contributed by atoms with van der Waals surface area (Å²) in [6.45, 7) is 5.83. The van der Waals surface area contributed by atoms with Gasteiger partial charge in [0.2, 0.25) is 5.76 Å². The number of nitrogens with one attached hydrogen (secondary N) is 1. The highest BCUT2D eigenvalue weighted by molar-refractivity contribution is 6.14. The number of amides is 2. The Morgan fingerprint density at radius 3 is 2.43 bits per heavy atom. The van der Waals surface area contributed by atoms with Crippen LogP contribution < -0.4 is 10.1 Å². The molecule has 0 unspecified atom stereocenters. The van der Waals surface area contributed by atoms with Gasteiger partial charge < -0.3 is 24.1 Å². The Bertz CT molecular complexity index is 1050. The molecule has 2 amide bonds. The van der Waals surface area contributed by atoms with E-state index in [-0.39, 0.29) is 23.7 Å². The van der Waals surface area contributed by atoms with Gasteiger partial charge >= 0.3 is 0 Å². The summed E-state index contributed by atoms with van der Waals surface area (Å²) < 4.78 is 16.8. The number of ether oxygens (including phenoxy) is 2. The fourth-order valence-corrected chi connectivity index (χ4v) is 3.37. The molecule has 156 valence electrons. The molecule has 2 aromatic carbocycles. The topological polar surface area (TPSA) is 81.0 Å². The summed E-state index contributed by atoms with van der Waals surface area (Å²) in [6, 6.07) is 14.2. The summed E-state index contributed by atoms with van der Waals surface area (Å²) in [7, 11) is 0. The molecule has 7 heteroatoms. The first-order valence-electron chi connectivity index (χ1n) is 9.99. The Morgan fingerprint density at radius 1 is 1.03 bits per heavy atom. The quantitative estimate of drug-likeness (QED) is 0.692. The second-order valence-electron chi connectivity index (χ2n) is 7.35. The maximum absolute atomic E-state index is 13.1. The van der Waals surface area contributed by atoms with Gasteiger partial charge in [0.05, 0.1) is 19.3 Å². The maximum Gasteiger partial charge on any atom is 0.291 e. The minimum Gasteiger partial charge on any atom is -0.491 e. The van der Waals surface area contributed by atoms with Crippen LogP contribution >= 0.6 is 0 Å². The smallest absolute Gasteiger partial charge is 0.291 e. The number of carbonyl (C=O) groups is 2. The van der Waals surface area contributed by atoms with Gasteiger partial charge in [-0.1, -0.05) is 12.1 Å². The van der Waals surface area contributed by atoms with Gasteiger partial charge in [0.1, 0.15) is 17.0 Å². The molecule has 1 N–H and O–H groups in total. The zero-order valence-electron chi connectivity index (χ0n) is 17.0. The first kappa shape index (κ1) is 20.0. The molecule has 1 aliphatic heterocycles. The van der Waals surface area contributed by atoms with Gasteiger partial charge in [-0.15, -0.1) is 0 Å². The first-order valence-corrected chi connectivity index (χ1v) is 9.99. The van der Waals surface area contributed by atoms with Crippen LogP contribution in [0, 0.1) is 0 Å². The van der Waals surface area contributed by atoms with Crippen molar-refractivity contribution in [3.63, 3.8) is 0 Å². The Balaban J connectivity index is 1.62. The van der Waals surface area contributed by atoms with E-state index in [4.69, 9.17) is 13.9 Å². The number of benzene rings is 2. The minimum atomic E-state index is -0.325. The molecular formula is C23H24N2O5. The van der Waals surface area contributed by atoms with E-state index >= 15 is 0 Å². The molecule has 2 heterocycles. The molecule has 0 aliphatic carbocycles. The molecule has 0 radical (unpaired) electrons. The van der Waals surface area contributed by atoms with Crippen LogP contribution in [0.4, 0.5) is 5.69 Å². The molecule has 0 atom stereocenters. The van der Waals surface area contributed by atoms with E-state index in [1.807, 2.05) is 32.0 Å². The van der Waals surface area contributed by atoms with Gasteiger partial charge in [-0.25, -0.2) is 0 Å². The Labute approximate surface area is 174 Å². The van der Waals surface area contributed by atoms with Crippen LogP contribution in [0.1, 0.15) is 34.8 Å². The maximum atomic E-state index is 13.1. The molecule has 30 heavy (non-hydrogen) atoms. The second kappa shape index (κ2) is 8.59. The van der Waals surface area contributed by atoms with Crippen LogP contribution in [0.2, 0.25) is 0 Å². The van der Waals surface area contributed by atoms with Crippen molar-refractivity contribution in [1.29, 1.82) is 0 Å². The average molecular weight is 408 g/mol. The molecule has 1 fully saturated rings. The number of morpholine rings is 1. The summed E-state index contributed by atoms with van der Waals surface area (Å²) in [5.74, 6) is 0.240. The third-order valence-corrected chi connectivity index (χ3v) is 4.81. The molecule has 7 nitrogen and oxygen atoms in total. The first-order chi connectivity index (χ1) is 14.5. The molecule has 4 rings (SSSR count). The van der Waals surface area contributed by atoms with Crippen LogP contribution in [0.5, 0.6) is 5.75 Å². The van der Waals surface area contributed by atoms with Crippen LogP contribution in [-0.2, 0) is 4.74 Å². The van der Waals surface area contributed by atoms with E-state index in [1.165, 1.54) is 0 Å². The summed E-state index contributed by atoms with van der Waals surface area (Å²) >= 11 is 0. The van der Waals surface area contributed by atoms with E-state index in [0.717, 1.165) is 0 Å². The number of rotatable bonds is 5.